The van der Waals surface area contributed by atoms with Crippen LogP contribution in [0.2, 0.25) is 0 Å². The molecule has 0 radical (unpaired) electrons. The van der Waals surface area contributed by atoms with E-state index >= 15 is 0 Å². The molecule has 0 aliphatic carbocycles. The van der Waals surface area contributed by atoms with Crippen LogP contribution in [0.3, 0.4) is 0 Å². The van der Waals surface area contributed by atoms with Gasteiger partial charge in [-0.25, -0.2) is 9.78 Å². The summed E-state index contributed by atoms with van der Waals surface area (Å²) in [6, 6.07) is -0.255. The van der Waals surface area contributed by atoms with Gasteiger partial charge in [-0.1, -0.05) is 20.3 Å². The van der Waals surface area contributed by atoms with Gasteiger partial charge < -0.3 is 10.4 Å². The second-order valence-electron chi connectivity index (χ2n) is 4.30. The Morgan fingerprint density at radius 3 is 2.67 bits per heavy atom. The Bertz CT molecular complexity index is 431. The highest BCUT2D eigenvalue weighted by atomic mass is 32.1. The van der Waals surface area contributed by atoms with E-state index in [0.29, 0.717) is 5.01 Å². The van der Waals surface area contributed by atoms with Crippen LogP contribution in [0, 0.1) is 5.92 Å². The fourth-order valence-electron chi connectivity index (χ4n) is 1.57. The number of carbonyl (C=O) groups is 2. The van der Waals surface area contributed by atoms with Gasteiger partial charge in [0.25, 0.3) is 0 Å². The largest absolute Gasteiger partial charge is 0.476 e. The van der Waals surface area contributed by atoms with Crippen molar-refractivity contribution in [1.29, 1.82) is 0 Å². The van der Waals surface area contributed by atoms with Gasteiger partial charge >= 0.3 is 5.97 Å². The first kappa shape index (κ1) is 14.6. The van der Waals surface area contributed by atoms with Gasteiger partial charge in [0.2, 0.25) is 5.91 Å². The van der Waals surface area contributed by atoms with Crippen LogP contribution >= 0.6 is 11.3 Å². The summed E-state index contributed by atoms with van der Waals surface area (Å²) in [6.07, 6.45) is 1.81. The third-order valence-electron chi connectivity index (χ3n) is 2.64. The highest BCUT2D eigenvalue weighted by Gasteiger charge is 2.18. The Morgan fingerprint density at radius 2 is 2.17 bits per heavy atom. The molecule has 0 aliphatic heterocycles. The van der Waals surface area contributed by atoms with Crippen LogP contribution in [0.5, 0.6) is 0 Å². The van der Waals surface area contributed by atoms with Gasteiger partial charge in [-0.3, -0.25) is 4.79 Å². The number of aromatic nitrogens is 1. The van der Waals surface area contributed by atoms with Crippen molar-refractivity contribution >= 4 is 23.2 Å². The van der Waals surface area contributed by atoms with Gasteiger partial charge in [-0.05, 0) is 13.3 Å². The highest BCUT2D eigenvalue weighted by molar-refractivity contribution is 7.09. The number of carboxylic acid groups (broad SMARTS) is 1. The molecular formula is C12H18N2O3S. The predicted molar refractivity (Wildman–Crippen MR) is 69.7 cm³/mol. The number of hydrogen-bond donors (Lipinski definition) is 2. The number of carbonyl (C=O) groups excluding carboxylic acids is 1. The van der Waals surface area contributed by atoms with Crippen molar-refractivity contribution in [2.45, 2.75) is 39.7 Å². The fourth-order valence-corrected chi connectivity index (χ4v) is 2.37. The van der Waals surface area contributed by atoms with Crippen molar-refractivity contribution in [2.75, 3.05) is 0 Å². The molecule has 1 heterocycles. The van der Waals surface area contributed by atoms with Gasteiger partial charge in [0.05, 0.1) is 6.04 Å². The second kappa shape index (κ2) is 6.49. The number of aromatic carboxylic acids is 1. The number of nitrogens with zero attached hydrogens (tertiary/aromatic N) is 1. The monoisotopic (exact) mass is 270 g/mol. The van der Waals surface area contributed by atoms with Crippen molar-refractivity contribution in [2.24, 2.45) is 5.92 Å². The van der Waals surface area contributed by atoms with E-state index in [-0.39, 0.29) is 23.6 Å². The molecule has 100 valence electrons. The first-order chi connectivity index (χ1) is 8.45. The molecule has 1 aromatic heterocycles. The van der Waals surface area contributed by atoms with E-state index in [4.69, 9.17) is 5.11 Å². The zero-order valence-corrected chi connectivity index (χ0v) is 11.6. The maximum absolute atomic E-state index is 11.8. The molecule has 1 amide bonds. The zero-order chi connectivity index (χ0) is 13.7. The molecule has 0 aromatic carbocycles. The lowest BCUT2D eigenvalue weighted by Gasteiger charge is -2.15. The molecule has 2 N–H and O–H groups in total. The average Bonchev–Trinajstić information content (AvgIpc) is 2.78. The van der Waals surface area contributed by atoms with Crippen LogP contribution in [0.25, 0.3) is 0 Å². The smallest absolute Gasteiger partial charge is 0.355 e. The van der Waals surface area contributed by atoms with E-state index in [2.05, 4.69) is 10.3 Å². The van der Waals surface area contributed by atoms with E-state index in [1.165, 1.54) is 16.7 Å². The van der Waals surface area contributed by atoms with E-state index < -0.39 is 5.97 Å². The lowest BCUT2D eigenvalue weighted by Crippen LogP contribution is -2.31. The first-order valence-electron chi connectivity index (χ1n) is 5.94. The predicted octanol–water partition coefficient (Wildman–Crippen LogP) is 2.45. The van der Waals surface area contributed by atoms with Crippen LogP contribution in [-0.4, -0.2) is 22.0 Å². The number of carboxylic acids is 1. The quantitative estimate of drug-likeness (QED) is 0.832. The molecule has 1 rings (SSSR count). The maximum Gasteiger partial charge on any atom is 0.355 e. The van der Waals surface area contributed by atoms with Crippen LogP contribution in [0.4, 0.5) is 0 Å². The zero-order valence-electron chi connectivity index (χ0n) is 10.8. The van der Waals surface area contributed by atoms with Crippen molar-refractivity contribution in [3.05, 3.63) is 16.1 Å². The molecule has 1 aromatic rings. The van der Waals surface area contributed by atoms with Gasteiger partial charge in [0.1, 0.15) is 5.01 Å². The summed E-state index contributed by atoms with van der Waals surface area (Å²) in [5.41, 5.74) is 0.0257. The van der Waals surface area contributed by atoms with E-state index in [1.807, 2.05) is 13.8 Å². The fraction of sp³-hybridized carbons (Fsp3) is 0.583. The summed E-state index contributed by atoms with van der Waals surface area (Å²) in [4.78, 5) is 26.5. The summed E-state index contributed by atoms with van der Waals surface area (Å²) in [5.74, 6) is -1.09. The van der Waals surface area contributed by atoms with Gasteiger partial charge in [-0.15, -0.1) is 11.3 Å². The number of amides is 1. The molecule has 18 heavy (non-hydrogen) atoms. The Kier molecular flexibility index (Phi) is 5.27. The molecule has 0 fully saturated rings. The average molecular weight is 270 g/mol. The van der Waals surface area contributed by atoms with Crippen LogP contribution in [-0.2, 0) is 4.79 Å². The molecule has 0 saturated heterocycles. The molecule has 2 unspecified atom stereocenters. The lowest BCUT2D eigenvalue weighted by molar-refractivity contribution is -0.125. The summed E-state index contributed by atoms with van der Waals surface area (Å²) in [7, 11) is 0. The first-order valence-corrected chi connectivity index (χ1v) is 6.82. The van der Waals surface area contributed by atoms with Gasteiger partial charge in [0.15, 0.2) is 5.69 Å². The Labute approximate surface area is 110 Å². The minimum absolute atomic E-state index is 0.0172. The number of hydrogen-bond acceptors (Lipinski definition) is 4. The van der Waals surface area contributed by atoms with Crippen molar-refractivity contribution < 1.29 is 14.7 Å². The third-order valence-corrected chi connectivity index (χ3v) is 3.67. The second-order valence-corrected chi connectivity index (χ2v) is 5.19. The van der Waals surface area contributed by atoms with Gasteiger partial charge in [-0.2, -0.15) is 0 Å². The van der Waals surface area contributed by atoms with Crippen molar-refractivity contribution in [1.82, 2.24) is 10.3 Å². The molecule has 0 bridgehead atoms. The van der Waals surface area contributed by atoms with E-state index in [9.17, 15) is 9.59 Å². The minimum atomic E-state index is -1.05. The molecule has 2 atom stereocenters. The standard InChI is InChI=1S/C12H18N2O3S/c1-4-5-7(2)10(15)13-8(3)11-14-9(6-18-11)12(16)17/h6-8H,4-5H2,1-3H3,(H,13,15)(H,16,17). The van der Waals surface area contributed by atoms with Crippen molar-refractivity contribution in [3.8, 4) is 0 Å². The summed E-state index contributed by atoms with van der Waals surface area (Å²) in [5, 5.41) is 13.7. The molecule has 5 nitrogen and oxygen atoms in total. The summed E-state index contributed by atoms with van der Waals surface area (Å²) < 4.78 is 0. The lowest BCUT2D eigenvalue weighted by atomic mass is 10.1. The number of thiazole rings is 1. The SMILES string of the molecule is CCCC(C)C(=O)NC(C)c1nc(C(=O)O)cs1. The number of rotatable bonds is 6. The molecule has 0 spiro atoms. The molecule has 0 aliphatic rings. The van der Waals surface area contributed by atoms with Crippen molar-refractivity contribution in [3.63, 3.8) is 0 Å². The molecule has 0 saturated carbocycles. The van der Waals surface area contributed by atoms with Gasteiger partial charge in [0, 0.05) is 11.3 Å². The van der Waals surface area contributed by atoms with Crippen LogP contribution in [0.15, 0.2) is 5.38 Å². The molecular weight excluding hydrogens is 252 g/mol. The normalized spacial score (nSPS) is 13.9. The van der Waals surface area contributed by atoms with E-state index in [1.54, 1.807) is 6.92 Å². The Hall–Kier alpha value is -1.43. The van der Waals surface area contributed by atoms with Crippen LogP contribution < -0.4 is 5.32 Å². The van der Waals surface area contributed by atoms with E-state index in [0.717, 1.165) is 12.8 Å². The molecule has 6 heteroatoms. The number of nitrogens with one attached hydrogen (secondary N) is 1. The topological polar surface area (TPSA) is 79.3 Å². The highest BCUT2D eigenvalue weighted by Crippen LogP contribution is 2.19. The maximum atomic E-state index is 11.8. The third kappa shape index (κ3) is 3.80. The summed E-state index contributed by atoms with van der Waals surface area (Å²) >= 11 is 1.25. The Morgan fingerprint density at radius 1 is 1.50 bits per heavy atom. The summed E-state index contributed by atoms with van der Waals surface area (Å²) in [6.45, 7) is 5.73. The van der Waals surface area contributed by atoms with Crippen LogP contribution in [0.1, 0.15) is 55.2 Å². The minimum Gasteiger partial charge on any atom is -0.476 e. The Balaban J connectivity index is 2.61.